The molecule has 0 aromatic heterocycles. The number of nitrogens with one attached hydrogen (secondary N) is 1. The van der Waals surface area contributed by atoms with Crippen LogP contribution in [0.5, 0.6) is 0 Å². The fraction of sp³-hybridized carbons (Fsp3) is 1.00. The maximum Gasteiger partial charge on any atom is 0.0118 e. The van der Waals surface area contributed by atoms with E-state index in [1.807, 2.05) is 0 Å². The van der Waals surface area contributed by atoms with E-state index in [4.69, 9.17) is 0 Å². The van der Waals surface area contributed by atoms with E-state index in [1.165, 1.54) is 13.0 Å². The van der Waals surface area contributed by atoms with Gasteiger partial charge in [0.1, 0.15) is 0 Å². The maximum absolute atomic E-state index is 3.56. The van der Waals surface area contributed by atoms with Gasteiger partial charge in [-0.15, -0.1) is 0 Å². The van der Waals surface area contributed by atoms with Gasteiger partial charge >= 0.3 is 0 Å². The molecule has 1 N–H and O–H groups in total. The van der Waals surface area contributed by atoms with Crippen molar-refractivity contribution < 1.29 is 0 Å². The molecule has 2 unspecified atom stereocenters. The summed E-state index contributed by atoms with van der Waals surface area (Å²) in [4.78, 5) is 0. The van der Waals surface area contributed by atoms with Crippen LogP contribution in [0.1, 0.15) is 48.0 Å². The molecule has 0 bridgehead atoms. The zero-order valence-corrected chi connectivity index (χ0v) is 10.1. The first kappa shape index (κ1) is 11.0. The van der Waals surface area contributed by atoms with Crippen LogP contribution in [0.3, 0.4) is 0 Å². The van der Waals surface area contributed by atoms with Gasteiger partial charge in [-0.25, -0.2) is 0 Å². The Labute approximate surface area is 83.3 Å². The van der Waals surface area contributed by atoms with Crippen LogP contribution in [0.25, 0.3) is 0 Å². The lowest BCUT2D eigenvalue weighted by Crippen LogP contribution is -2.58. The number of hydrogen-bond donors (Lipinski definition) is 1. The van der Waals surface area contributed by atoms with Gasteiger partial charge < -0.3 is 5.32 Å². The molecular weight excluding hydrogens is 158 g/mol. The average Bonchev–Trinajstić information content (AvgIpc) is 1.73. The molecular formula is C12H25N. The molecule has 0 aromatic carbocycles. The van der Waals surface area contributed by atoms with Crippen molar-refractivity contribution in [1.82, 2.24) is 5.32 Å². The van der Waals surface area contributed by atoms with Crippen LogP contribution >= 0.6 is 0 Å². The van der Waals surface area contributed by atoms with Gasteiger partial charge in [-0.05, 0) is 23.2 Å². The van der Waals surface area contributed by atoms with Gasteiger partial charge in [0.2, 0.25) is 0 Å². The number of hydrogen-bond acceptors (Lipinski definition) is 1. The number of rotatable bonds is 1. The summed E-state index contributed by atoms with van der Waals surface area (Å²) in [5.74, 6) is 0.867. The second-order valence-corrected chi connectivity index (χ2v) is 6.75. The Morgan fingerprint density at radius 2 is 1.62 bits per heavy atom. The Bertz CT molecular complexity index is 171. The monoisotopic (exact) mass is 183 g/mol. The molecule has 1 aliphatic rings. The highest BCUT2D eigenvalue weighted by Crippen LogP contribution is 2.38. The van der Waals surface area contributed by atoms with Crippen molar-refractivity contribution in [3.05, 3.63) is 0 Å². The molecule has 2 atom stereocenters. The molecule has 0 spiro atoms. The van der Waals surface area contributed by atoms with Crippen molar-refractivity contribution in [2.45, 2.75) is 54.0 Å². The average molecular weight is 183 g/mol. The standard InChI is InChI=1S/C12H25N/c1-11(2,3)7-10-9(8-13-10)12(4,5)6/h9-10,13H,7-8H2,1-6H3. The third-order valence-corrected chi connectivity index (χ3v) is 3.03. The Balaban J connectivity index is 2.47. The molecule has 1 heteroatoms. The zero-order valence-electron chi connectivity index (χ0n) is 10.1. The summed E-state index contributed by atoms with van der Waals surface area (Å²) in [7, 11) is 0. The summed E-state index contributed by atoms with van der Waals surface area (Å²) in [6.07, 6.45) is 1.30. The third-order valence-electron chi connectivity index (χ3n) is 3.03. The second-order valence-electron chi connectivity index (χ2n) is 6.75. The van der Waals surface area contributed by atoms with Crippen LogP contribution in [0, 0.1) is 16.7 Å². The van der Waals surface area contributed by atoms with Gasteiger partial charge in [-0.2, -0.15) is 0 Å². The minimum atomic E-state index is 0.460. The molecule has 1 fully saturated rings. The van der Waals surface area contributed by atoms with Gasteiger partial charge in [-0.1, -0.05) is 41.5 Å². The predicted octanol–water partition coefficient (Wildman–Crippen LogP) is 3.06. The van der Waals surface area contributed by atoms with Crippen LogP contribution in [0.15, 0.2) is 0 Å². The van der Waals surface area contributed by atoms with Crippen LogP contribution < -0.4 is 5.32 Å². The van der Waals surface area contributed by atoms with E-state index in [0.717, 1.165) is 12.0 Å². The molecule has 1 rings (SSSR count). The fourth-order valence-corrected chi connectivity index (χ4v) is 2.19. The molecule has 1 saturated heterocycles. The molecule has 0 saturated carbocycles. The summed E-state index contributed by atoms with van der Waals surface area (Å²) in [6, 6.07) is 0.750. The molecule has 0 aromatic rings. The lowest BCUT2D eigenvalue weighted by molar-refractivity contribution is 0.0710. The van der Waals surface area contributed by atoms with E-state index in [2.05, 4.69) is 46.9 Å². The molecule has 0 amide bonds. The van der Waals surface area contributed by atoms with Gasteiger partial charge in [0, 0.05) is 12.6 Å². The smallest absolute Gasteiger partial charge is 0.0118 e. The van der Waals surface area contributed by atoms with Crippen molar-refractivity contribution in [2.24, 2.45) is 16.7 Å². The topological polar surface area (TPSA) is 12.0 Å². The summed E-state index contributed by atoms with van der Waals surface area (Å²) in [5, 5.41) is 3.56. The van der Waals surface area contributed by atoms with Crippen molar-refractivity contribution in [3.63, 3.8) is 0 Å². The van der Waals surface area contributed by atoms with E-state index < -0.39 is 0 Å². The Hall–Kier alpha value is -0.0400. The summed E-state index contributed by atoms with van der Waals surface area (Å²) >= 11 is 0. The van der Waals surface area contributed by atoms with Crippen LogP contribution in [0.2, 0.25) is 0 Å². The Morgan fingerprint density at radius 1 is 1.08 bits per heavy atom. The molecule has 1 nitrogen and oxygen atoms in total. The minimum Gasteiger partial charge on any atom is -0.313 e. The quantitative estimate of drug-likeness (QED) is 0.659. The maximum atomic E-state index is 3.56. The van der Waals surface area contributed by atoms with Gasteiger partial charge in [0.25, 0.3) is 0 Å². The van der Waals surface area contributed by atoms with Gasteiger partial charge in [0.15, 0.2) is 0 Å². The molecule has 1 aliphatic heterocycles. The molecule has 0 radical (unpaired) electrons. The first-order valence-corrected chi connectivity index (χ1v) is 5.43. The summed E-state index contributed by atoms with van der Waals surface area (Å²) in [5.41, 5.74) is 0.933. The highest BCUT2D eigenvalue weighted by atomic mass is 15.0. The van der Waals surface area contributed by atoms with E-state index in [9.17, 15) is 0 Å². The highest BCUT2D eigenvalue weighted by molar-refractivity contribution is 4.96. The SMILES string of the molecule is CC(C)(C)CC1NCC1C(C)(C)C. The summed E-state index contributed by atoms with van der Waals surface area (Å²) in [6.45, 7) is 15.3. The molecule has 13 heavy (non-hydrogen) atoms. The van der Waals surface area contributed by atoms with Crippen molar-refractivity contribution >= 4 is 0 Å². The van der Waals surface area contributed by atoms with Crippen LogP contribution in [-0.4, -0.2) is 12.6 Å². The van der Waals surface area contributed by atoms with Crippen LogP contribution in [0.4, 0.5) is 0 Å². The van der Waals surface area contributed by atoms with Crippen molar-refractivity contribution in [1.29, 1.82) is 0 Å². The largest absolute Gasteiger partial charge is 0.313 e. The summed E-state index contributed by atoms with van der Waals surface area (Å²) < 4.78 is 0. The normalized spacial score (nSPS) is 30.0. The van der Waals surface area contributed by atoms with Crippen molar-refractivity contribution in [2.75, 3.05) is 6.54 Å². The van der Waals surface area contributed by atoms with E-state index in [1.54, 1.807) is 0 Å². The first-order chi connectivity index (χ1) is 5.70. The van der Waals surface area contributed by atoms with Crippen molar-refractivity contribution in [3.8, 4) is 0 Å². The van der Waals surface area contributed by atoms with Gasteiger partial charge in [-0.3, -0.25) is 0 Å². The van der Waals surface area contributed by atoms with E-state index >= 15 is 0 Å². The zero-order chi connectivity index (χ0) is 10.3. The second kappa shape index (κ2) is 3.27. The highest BCUT2D eigenvalue weighted by Gasteiger charge is 2.40. The first-order valence-electron chi connectivity index (χ1n) is 5.43. The lowest BCUT2D eigenvalue weighted by Gasteiger charge is -2.48. The predicted molar refractivity (Wildman–Crippen MR) is 58.8 cm³/mol. The van der Waals surface area contributed by atoms with E-state index in [0.29, 0.717) is 10.8 Å². The minimum absolute atomic E-state index is 0.460. The lowest BCUT2D eigenvalue weighted by atomic mass is 9.68. The molecule has 0 aliphatic carbocycles. The Kier molecular flexibility index (Phi) is 2.78. The Morgan fingerprint density at radius 3 is 1.85 bits per heavy atom. The van der Waals surface area contributed by atoms with Gasteiger partial charge in [0.05, 0.1) is 0 Å². The molecule has 1 heterocycles. The van der Waals surface area contributed by atoms with E-state index in [-0.39, 0.29) is 0 Å². The fourth-order valence-electron chi connectivity index (χ4n) is 2.19. The van der Waals surface area contributed by atoms with Crippen LogP contribution in [-0.2, 0) is 0 Å². The third kappa shape index (κ3) is 2.98. The molecule has 78 valence electrons.